The summed E-state index contributed by atoms with van der Waals surface area (Å²) < 4.78 is 10.7. The third kappa shape index (κ3) is 4.69. The molecule has 0 saturated carbocycles. The van der Waals surface area contributed by atoms with Gasteiger partial charge < -0.3 is 20.5 Å². The van der Waals surface area contributed by atoms with Crippen LogP contribution >= 0.6 is 0 Å². The molecule has 2 rings (SSSR count). The van der Waals surface area contributed by atoms with Crippen LogP contribution in [0, 0.1) is 12.3 Å². The predicted molar refractivity (Wildman–Crippen MR) is 80.9 cm³/mol. The number of hydrogen-bond donors (Lipinski definition) is 2. The van der Waals surface area contributed by atoms with E-state index in [9.17, 15) is 0 Å². The molecule has 1 aliphatic heterocycles. The van der Waals surface area contributed by atoms with E-state index in [0.29, 0.717) is 6.79 Å². The number of ether oxygens (including phenoxy) is 2. The molecule has 0 aliphatic carbocycles. The lowest BCUT2D eigenvalue weighted by atomic mass is 10.0. The van der Waals surface area contributed by atoms with Gasteiger partial charge in [-0.05, 0) is 56.0 Å². The molecule has 1 aromatic rings. The molecule has 4 heteroatoms. The second-order valence-electron chi connectivity index (χ2n) is 5.68. The highest BCUT2D eigenvalue weighted by Crippen LogP contribution is 2.32. The van der Waals surface area contributed by atoms with Gasteiger partial charge in [0.25, 0.3) is 0 Å². The molecule has 4 nitrogen and oxygen atoms in total. The van der Waals surface area contributed by atoms with E-state index in [-0.39, 0.29) is 6.04 Å². The molecule has 3 N–H and O–H groups in total. The maximum Gasteiger partial charge on any atom is 0.231 e. The van der Waals surface area contributed by atoms with Gasteiger partial charge in [0.2, 0.25) is 6.79 Å². The summed E-state index contributed by atoms with van der Waals surface area (Å²) in [4.78, 5) is 0. The Kier molecular flexibility index (Phi) is 5.68. The van der Waals surface area contributed by atoms with Gasteiger partial charge >= 0.3 is 0 Å². The molecule has 1 heterocycles. The van der Waals surface area contributed by atoms with Gasteiger partial charge in [-0.2, -0.15) is 0 Å². The van der Waals surface area contributed by atoms with Crippen LogP contribution in [0.15, 0.2) is 18.2 Å². The van der Waals surface area contributed by atoms with Crippen molar-refractivity contribution in [2.24, 2.45) is 11.7 Å². The Hall–Kier alpha value is -1.26. The summed E-state index contributed by atoms with van der Waals surface area (Å²) in [5.74, 6) is 2.39. The van der Waals surface area contributed by atoms with E-state index in [4.69, 9.17) is 15.2 Å². The summed E-state index contributed by atoms with van der Waals surface area (Å²) in [6.45, 7) is 6.69. The zero-order chi connectivity index (χ0) is 14.4. The van der Waals surface area contributed by atoms with Crippen LogP contribution in [0.1, 0.15) is 25.8 Å². The largest absolute Gasteiger partial charge is 0.454 e. The van der Waals surface area contributed by atoms with Crippen LogP contribution in [-0.4, -0.2) is 25.9 Å². The molecular formula is C16H25N2O2. The second-order valence-corrected chi connectivity index (χ2v) is 5.68. The van der Waals surface area contributed by atoms with Crippen molar-refractivity contribution in [2.75, 3.05) is 19.9 Å². The number of fused-ring (bicyclic) bond motifs is 1. The van der Waals surface area contributed by atoms with E-state index in [0.717, 1.165) is 36.9 Å². The van der Waals surface area contributed by atoms with Crippen molar-refractivity contribution in [3.8, 4) is 11.5 Å². The van der Waals surface area contributed by atoms with Crippen molar-refractivity contribution < 1.29 is 9.47 Å². The van der Waals surface area contributed by atoms with Crippen molar-refractivity contribution >= 4 is 0 Å². The Labute approximate surface area is 121 Å². The van der Waals surface area contributed by atoms with Crippen LogP contribution in [0.3, 0.4) is 0 Å². The van der Waals surface area contributed by atoms with Crippen molar-refractivity contribution in [1.29, 1.82) is 0 Å². The first-order valence-electron chi connectivity index (χ1n) is 7.33. The SMILES string of the molecule is CC(C)CCNC[CH]C(N)Cc1ccc2c(c1)OCO2. The fraction of sp³-hybridized carbons (Fsp3) is 0.562. The average Bonchev–Trinajstić information content (AvgIpc) is 2.85. The highest BCUT2D eigenvalue weighted by atomic mass is 16.7. The molecule has 1 aliphatic rings. The first kappa shape index (κ1) is 15.1. The highest BCUT2D eigenvalue weighted by Gasteiger charge is 2.14. The third-order valence-electron chi connectivity index (χ3n) is 3.37. The summed E-state index contributed by atoms with van der Waals surface area (Å²) >= 11 is 0. The van der Waals surface area contributed by atoms with Crippen molar-refractivity contribution in [3.05, 3.63) is 30.2 Å². The standard InChI is InChI=1S/C16H25N2O2/c1-12(2)5-7-18-8-6-14(17)9-13-3-4-15-16(10-13)20-11-19-15/h3-4,6,10,12,14,18H,5,7-9,11,17H2,1-2H3. The molecule has 0 amide bonds. The van der Waals surface area contributed by atoms with Crippen molar-refractivity contribution in [3.63, 3.8) is 0 Å². The fourth-order valence-corrected chi connectivity index (χ4v) is 2.15. The Bertz CT molecular complexity index is 421. The monoisotopic (exact) mass is 277 g/mol. The number of hydrogen-bond acceptors (Lipinski definition) is 4. The average molecular weight is 277 g/mol. The van der Waals surface area contributed by atoms with Crippen LogP contribution in [-0.2, 0) is 6.42 Å². The molecule has 1 radical (unpaired) electrons. The van der Waals surface area contributed by atoms with Gasteiger partial charge in [-0.15, -0.1) is 0 Å². The van der Waals surface area contributed by atoms with Crippen molar-refractivity contribution in [1.82, 2.24) is 5.32 Å². The summed E-state index contributed by atoms with van der Waals surface area (Å²) in [6.07, 6.45) is 4.15. The molecule has 0 saturated heterocycles. The molecule has 111 valence electrons. The Morgan fingerprint density at radius 2 is 2.10 bits per heavy atom. The highest BCUT2D eigenvalue weighted by molar-refractivity contribution is 5.44. The maximum atomic E-state index is 6.13. The Morgan fingerprint density at radius 3 is 2.90 bits per heavy atom. The van der Waals surface area contributed by atoms with Gasteiger partial charge in [0.1, 0.15) is 0 Å². The molecule has 1 unspecified atom stereocenters. The van der Waals surface area contributed by atoms with E-state index in [1.807, 2.05) is 18.2 Å². The van der Waals surface area contributed by atoms with Gasteiger partial charge in [-0.3, -0.25) is 0 Å². The maximum absolute atomic E-state index is 6.13. The minimum atomic E-state index is 0.0573. The van der Waals surface area contributed by atoms with E-state index in [1.165, 1.54) is 12.0 Å². The van der Waals surface area contributed by atoms with Crippen molar-refractivity contribution in [2.45, 2.75) is 32.7 Å². The Balaban J connectivity index is 1.68. The van der Waals surface area contributed by atoms with Crippen LogP contribution in [0.25, 0.3) is 0 Å². The Morgan fingerprint density at radius 1 is 1.30 bits per heavy atom. The molecule has 1 aromatic carbocycles. The van der Waals surface area contributed by atoms with Gasteiger partial charge in [0.05, 0.1) is 0 Å². The summed E-state index contributed by atoms with van der Waals surface area (Å²) in [5, 5.41) is 3.39. The van der Waals surface area contributed by atoms with E-state index in [1.54, 1.807) is 0 Å². The lowest BCUT2D eigenvalue weighted by Crippen LogP contribution is -2.30. The smallest absolute Gasteiger partial charge is 0.231 e. The zero-order valence-electron chi connectivity index (χ0n) is 12.4. The van der Waals surface area contributed by atoms with Crippen LogP contribution in [0.5, 0.6) is 11.5 Å². The van der Waals surface area contributed by atoms with Gasteiger partial charge in [0.15, 0.2) is 11.5 Å². The molecular weight excluding hydrogens is 252 g/mol. The number of nitrogens with one attached hydrogen (secondary N) is 1. The summed E-state index contributed by atoms with van der Waals surface area (Å²) in [5.41, 5.74) is 7.31. The predicted octanol–water partition coefficient (Wildman–Crippen LogP) is 2.13. The van der Waals surface area contributed by atoms with E-state index >= 15 is 0 Å². The van der Waals surface area contributed by atoms with Gasteiger partial charge in [-0.1, -0.05) is 19.9 Å². The first-order valence-corrected chi connectivity index (χ1v) is 7.33. The second kappa shape index (κ2) is 7.50. The normalized spacial score (nSPS) is 14.8. The van der Waals surface area contributed by atoms with E-state index < -0.39 is 0 Å². The summed E-state index contributed by atoms with van der Waals surface area (Å²) in [6, 6.07) is 6.07. The van der Waals surface area contributed by atoms with Crippen LogP contribution < -0.4 is 20.5 Å². The molecule has 0 aromatic heterocycles. The molecule has 1 atom stereocenters. The molecule has 20 heavy (non-hydrogen) atoms. The summed E-state index contributed by atoms with van der Waals surface area (Å²) in [7, 11) is 0. The van der Waals surface area contributed by atoms with Crippen LogP contribution in [0.4, 0.5) is 0 Å². The van der Waals surface area contributed by atoms with Crippen LogP contribution in [0.2, 0.25) is 0 Å². The first-order chi connectivity index (χ1) is 9.65. The third-order valence-corrected chi connectivity index (χ3v) is 3.37. The van der Waals surface area contributed by atoms with E-state index in [2.05, 4.69) is 25.6 Å². The minimum absolute atomic E-state index is 0.0573. The minimum Gasteiger partial charge on any atom is -0.454 e. The molecule has 0 bridgehead atoms. The fourth-order valence-electron chi connectivity index (χ4n) is 2.15. The van der Waals surface area contributed by atoms with Gasteiger partial charge in [-0.25, -0.2) is 0 Å². The molecule has 0 fully saturated rings. The quantitative estimate of drug-likeness (QED) is 0.715. The number of benzene rings is 1. The topological polar surface area (TPSA) is 56.5 Å². The molecule has 0 spiro atoms. The number of rotatable bonds is 8. The lowest BCUT2D eigenvalue weighted by molar-refractivity contribution is 0.174. The van der Waals surface area contributed by atoms with Gasteiger partial charge in [0, 0.05) is 6.04 Å². The zero-order valence-corrected chi connectivity index (χ0v) is 12.4. The lowest BCUT2D eigenvalue weighted by Gasteiger charge is -2.13. The number of nitrogens with two attached hydrogens (primary N) is 1.